The Kier molecular flexibility index (Phi) is 5.06. The smallest absolute Gasteiger partial charge is 0.306 e. The Morgan fingerprint density at radius 3 is 2.90 bits per heavy atom. The van der Waals surface area contributed by atoms with E-state index in [1.165, 1.54) is 7.11 Å². The normalized spacial score (nSPS) is 23.9. The van der Waals surface area contributed by atoms with Crippen LogP contribution in [0.2, 0.25) is 0 Å². The van der Waals surface area contributed by atoms with Crippen molar-refractivity contribution in [2.45, 2.75) is 25.3 Å². The summed E-state index contributed by atoms with van der Waals surface area (Å²) in [7, 11) is 1.43. The molecule has 3 heterocycles. The first-order valence-electron chi connectivity index (χ1n) is 7.16. The number of fused-ring (bicyclic) bond motifs is 4. The molecule has 3 rings (SSSR count). The molecule has 1 aromatic heterocycles. The quantitative estimate of drug-likeness (QED) is 0.788. The van der Waals surface area contributed by atoms with Crippen molar-refractivity contribution in [1.29, 1.82) is 0 Å². The molecule has 2 atom stereocenters. The first kappa shape index (κ1) is 16.0. The van der Waals surface area contributed by atoms with E-state index < -0.39 is 0 Å². The predicted molar refractivity (Wildman–Crippen MR) is 81.9 cm³/mol. The Bertz CT molecular complexity index is 572. The molecule has 0 aromatic carbocycles. The zero-order valence-corrected chi connectivity index (χ0v) is 13.0. The van der Waals surface area contributed by atoms with Crippen LogP contribution in [0.1, 0.15) is 24.5 Å². The number of carbonyl (C=O) groups excluding carboxylic acids is 1. The lowest BCUT2D eigenvalue weighted by Crippen LogP contribution is -2.47. The molecule has 21 heavy (non-hydrogen) atoms. The number of hydrogen-bond acceptors (Lipinski definition) is 4. The molecule has 116 valence electrons. The van der Waals surface area contributed by atoms with E-state index in [1.54, 1.807) is 6.07 Å². The summed E-state index contributed by atoms with van der Waals surface area (Å²) in [6, 6.07) is 5.55. The lowest BCUT2D eigenvalue weighted by molar-refractivity contribution is -0.141. The topological polar surface area (TPSA) is 51.5 Å². The van der Waals surface area contributed by atoms with E-state index in [4.69, 9.17) is 4.74 Å². The maximum absolute atomic E-state index is 11.9. The summed E-state index contributed by atoms with van der Waals surface area (Å²) in [6.45, 7) is 3.45. The zero-order chi connectivity index (χ0) is 14.1. The third-order valence-corrected chi connectivity index (χ3v) is 4.42. The van der Waals surface area contributed by atoms with Gasteiger partial charge in [-0.1, -0.05) is 6.07 Å². The third kappa shape index (κ3) is 3.30. The Morgan fingerprint density at radius 2 is 2.14 bits per heavy atom. The second-order valence-electron chi connectivity index (χ2n) is 5.78. The lowest BCUT2D eigenvalue weighted by Gasteiger charge is -2.42. The maximum Gasteiger partial charge on any atom is 0.306 e. The van der Waals surface area contributed by atoms with Crippen LogP contribution >= 0.6 is 12.4 Å². The van der Waals surface area contributed by atoms with E-state index in [9.17, 15) is 9.59 Å². The van der Waals surface area contributed by atoms with E-state index in [-0.39, 0.29) is 23.9 Å². The second-order valence-corrected chi connectivity index (χ2v) is 5.78. The van der Waals surface area contributed by atoms with Crippen LogP contribution in [0.25, 0.3) is 0 Å². The van der Waals surface area contributed by atoms with E-state index in [1.807, 2.05) is 10.6 Å². The largest absolute Gasteiger partial charge is 0.469 e. The molecule has 0 amide bonds. The van der Waals surface area contributed by atoms with Crippen LogP contribution in [0, 0.1) is 5.92 Å². The van der Waals surface area contributed by atoms with Crippen molar-refractivity contribution in [1.82, 2.24) is 9.47 Å². The van der Waals surface area contributed by atoms with Crippen molar-refractivity contribution in [3.8, 4) is 0 Å². The Labute approximate surface area is 130 Å². The first-order chi connectivity index (χ1) is 9.67. The maximum atomic E-state index is 11.9. The molecule has 1 fully saturated rings. The molecular weight excluding hydrogens is 292 g/mol. The van der Waals surface area contributed by atoms with Gasteiger partial charge in [-0.3, -0.25) is 9.59 Å². The fourth-order valence-corrected chi connectivity index (χ4v) is 3.53. The summed E-state index contributed by atoms with van der Waals surface area (Å²) in [4.78, 5) is 25.5. The molecule has 6 heteroatoms. The predicted octanol–water partition coefficient (Wildman–Crippen LogP) is 1.25. The molecule has 1 saturated heterocycles. The number of rotatable bonds is 3. The van der Waals surface area contributed by atoms with Gasteiger partial charge in [-0.2, -0.15) is 0 Å². The molecule has 2 bridgehead atoms. The molecule has 0 N–H and O–H groups in total. The fourth-order valence-electron chi connectivity index (χ4n) is 3.53. The Hall–Kier alpha value is -1.33. The number of hydrogen-bond donors (Lipinski definition) is 0. The molecule has 0 radical (unpaired) electrons. The number of pyridine rings is 1. The van der Waals surface area contributed by atoms with Gasteiger partial charge in [0.1, 0.15) is 0 Å². The monoisotopic (exact) mass is 312 g/mol. The second kappa shape index (κ2) is 6.62. The summed E-state index contributed by atoms with van der Waals surface area (Å²) in [5.41, 5.74) is 1.26. The number of likely N-dealkylation sites (tertiary alicyclic amines) is 1. The van der Waals surface area contributed by atoms with E-state index >= 15 is 0 Å². The summed E-state index contributed by atoms with van der Waals surface area (Å²) in [5.74, 6) is 0.769. The van der Waals surface area contributed by atoms with Gasteiger partial charge in [-0.05, 0) is 18.4 Å². The average molecular weight is 313 g/mol. The number of nitrogens with zero attached hydrogens (tertiary/aromatic N) is 2. The molecule has 1 aromatic rings. The average Bonchev–Trinajstić information content (AvgIpc) is 2.46. The van der Waals surface area contributed by atoms with Crippen molar-refractivity contribution < 1.29 is 9.53 Å². The number of ether oxygens (including phenoxy) is 1. The van der Waals surface area contributed by atoms with Crippen molar-refractivity contribution in [3.63, 3.8) is 0 Å². The molecule has 5 nitrogen and oxygen atoms in total. The van der Waals surface area contributed by atoms with Crippen LogP contribution in [0.15, 0.2) is 23.0 Å². The number of carbonyl (C=O) groups is 1. The van der Waals surface area contributed by atoms with Gasteiger partial charge in [0.05, 0.1) is 13.5 Å². The van der Waals surface area contributed by atoms with Gasteiger partial charge in [-0.25, -0.2) is 0 Å². The minimum atomic E-state index is -0.155. The highest BCUT2D eigenvalue weighted by Gasteiger charge is 2.34. The summed E-state index contributed by atoms with van der Waals surface area (Å²) in [5, 5.41) is 0. The summed E-state index contributed by atoms with van der Waals surface area (Å²) in [6.07, 6.45) is 1.59. The molecule has 2 aliphatic heterocycles. The Morgan fingerprint density at radius 1 is 1.33 bits per heavy atom. The van der Waals surface area contributed by atoms with Crippen LogP contribution in [0.3, 0.4) is 0 Å². The van der Waals surface area contributed by atoms with Gasteiger partial charge in [-0.15, -0.1) is 12.4 Å². The minimum absolute atomic E-state index is 0. The highest BCUT2D eigenvalue weighted by atomic mass is 35.5. The highest BCUT2D eigenvalue weighted by Crippen LogP contribution is 2.34. The summed E-state index contributed by atoms with van der Waals surface area (Å²) >= 11 is 0. The van der Waals surface area contributed by atoms with Gasteiger partial charge in [0.25, 0.3) is 5.56 Å². The SMILES string of the molecule is COC(=O)CCN1C[C@@H]2C[C@H](C1)c1cccc(=O)n1C2.Cl. The van der Waals surface area contributed by atoms with E-state index in [0.717, 1.165) is 38.3 Å². The highest BCUT2D eigenvalue weighted by molar-refractivity contribution is 5.85. The number of aromatic nitrogens is 1. The number of piperidine rings is 1. The van der Waals surface area contributed by atoms with Gasteiger partial charge in [0.15, 0.2) is 0 Å². The van der Waals surface area contributed by atoms with Crippen molar-refractivity contribution in [3.05, 3.63) is 34.2 Å². The van der Waals surface area contributed by atoms with Gasteiger partial charge in [0.2, 0.25) is 0 Å². The molecular formula is C15H21ClN2O3. The zero-order valence-electron chi connectivity index (χ0n) is 12.2. The van der Waals surface area contributed by atoms with Crippen LogP contribution in [-0.2, 0) is 16.1 Å². The summed E-state index contributed by atoms with van der Waals surface area (Å²) < 4.78 is 6.62. The number of esters is 1. The van der Waals surface area contributed by atoms with Crippen molar-refractivity contribution in [2.75, 3.05) is 26.7 Å². The van der Waals surface area contributed by atoms with E-state index in [0.29, 0.717) is 18.3 Å². The number of halogens is 1. The van der Waals surface area contributed by atoms with Crippen LogP contribution in [-0.4, -0.2) is 42.2 Å². The van der Waals surface area contributed by atoms with Crippen LogP contribution in [0.5, 0.6) is 0 Å². The number of methoxy groups -OCH3 is 1. The van der Waals surface area contributed by atoms with Gasteiger partial charge < -0.3 is 14.2 Å². The minimum Gasteiger partial charge on any atom is -0.469 e. The van der Waals surface area contributed by atoms with Gasteiger partial charge in [0, 0.05) is 43.9 Å². The van der Waals surface area contributed by atoms with E-state index in [2.05, 4.69) is 11.0 Å². The first-order valence-corrected chi connectivity index (χ1v) is 7.16. The molecule has 2 aliphatic rings. The molecule has 0 spiro atoms. The van der Waals surface area contributed by atoms with Crippen LogP contribution in [0.4, 0.5) is 0 Å². The molecule has 0 aliphatic carbocycles. The lowest BCUT2D eigenvalue weighted by atomic mass is 9.83. The fraction of sp³-hybridized carbons (Fsp3) is 0.600. The standard InChI is InChI=1S/C15H20N2O3.ClH/c1-20-15(19)5-6-16-8-11-7-12(10-16)13-3-2-4-14(18)17(13)9-11;/h2-4,11-12H,5-10H2,1H3;1H/t11-,12+;/m0./s1. The molecule has 0 saturated carbocycles. The third-order valence-electron chi connectivity index (χ3n) is 4.42. The van der Waals surface area contributed by atoms with Crippen molar-refractivity contribution >= 4 is 18.4 Å². The van der Waals surface area contributed by atoms with Gasteiger partial charge >= 0.3 is 5.97 Å². The van der Waals surface area contributed by atoms with Crippen LogP contribution < -0.4 is 5.56 Å². The molecule has 0 unspecified atom stereocenters. The van der Waals surface area contributed by atoms with Crippen molar-refractivity contribution in [2.24, 2.45) is 5.92 Å². The Balaban J connectivity index is 0.00000161.